The standard InChI is InChI=1S/C13H13NO3/c1-10(13(15)16)7-9-17-12-4-2-11(3-5-12)6-8-14/h2-5,7H,6,9H2,1H3,(H,15,16). The third-order valence-corrected chi connectivity index (χ3v) is 2.18. The number of aliphatic carboxylic acids is 1. The zero-order valence-corrected chi connectivity index (χ0v) is 9.51. The molecule has 0 bridgehead atoms. The Morgan fingerprint density at radius 2 is 2.12 bits per heavy atom. The van der Waals surface area contributed by atoms with Crippen molar-refractivity contribution >= 4 is 5.97 Å². The molecule has 0 aliphatic heterocycles. The Bertz CT molecular complexity index is 455. The molecule has 0 unspecified atom stereocenters. The lowest BCUT2D eigenvalue weighted by atomic mass is 10.2. The van der Waals surface area contributed by atoms with Crippen molar-refractivity contribution in [3.63, 3.8) is 0 Å². The van der Waals surface area contributed by atoms with E-state index >= 15 is 0 Å². The number of carboxylic acids is 1. The summed E-state index contributed by atoms with van der Waals surface area (Å²) in [5.41, 5.74) is 1.18. The third kappa shape index (κ3) is 4.39. The van der Waals surface area contributed by atoms with Crippen molar-refractivity contribution in [1.29, 1.82) is 5.26 Å². The second kappa shape index (κ2) is 6.33. The van der Waals surface area contributed by atoms with Crippen LogP contribution in [0.2, 0.25) is 0 Å². The molecule has 1 N–H and O–H groups in total. The Kier molecular flexibility index (Phi) is 4.77. The van der Waals surface area contributed by atoms with Crippen LogP contribution in [0.25, 0.3) is 0 Å². The Balaban J connectivity index is 2.51. The summed E-state index contributed by atoms with van der Waals surface area (Å²) < 4.78 is 5.34. The van der Waals surface area contributed by atoms with Crippen LogP contribution in [0.3, 0.4) is 0 Å². The van der Waals surface area contributed by atoms with Crippen molar-refractivity contribution in [2.45, 2.75) is 13.3 Å². The topological polar surface area (TPSA) is 70.3 Å². The largest absolute Gasteiger partial charge is 0.490 e. The van der Waals surface area contributed by atoms with Gasteiger partial charge in [-0.15, -0.1) is 0 Å². The summed E-state index contributed by atoms with van der Waals surface area (Å²) >= 11 is 0. The minimum atomic E-state index is -0.946. The second-order valence-corrected chi connectivity index (χ2v) is 3.48. The Morgan fingerprint density at radius 3 is 2.65 bits per heavy atom. The summed E-state index contributed by atoms with van der Waals surface area (Å²) in [7, 11) is 0. The summed E-state index contributed by atoms with van der Waals surface area (Å²) in [5, 5.41) is 17.1. The van der Waals surface area contributed by atoms with Crippen LogP contribution in [0.4, 0.5) is 0 Å². The van der Waals surface area contributed by atoms with E-state index in [1.54, 1.807) is 12.1 Å². The van der Waals surface area contributed by atoms with Gasteiger partial charge in [-0.1, -0.05) is 12.1 Å². The normalized spacial score (nSPS) is 10.7. The SMILES string of the molecule is CC(=CCOc1ccc(CC#N)cc1)C(=O)O. The molecule has 0 fully saturated rings. The summed E-state index contributed by atoms with van der Waals surface area (Å²) in [6.45, 7) is 1.73. The van der Waals surface area contributed by atoms with Crippen LogP contribution in [0, 0.1) is 11.3 Å². The fraction of sp³-hybridized carbons (Fsp3) is 0.231. The second-order valence-electron chi connectivity index (χ2n) is 3.48. The van der Waals surface area contributed by atoms with E-state index in [0.29, 0.717) is 12.2 Å². The first-order chi connectivity index (χ1) is 8.13. The van der Waals surface area contributed by atoms with E-state index < -0.39 is 5.97 Å². The molecule has 0 aliphatic carbocycles. The van der Waals surface area contributed by atoms with Crippen LogP contribution < -0.4 is 4.74 Å². The fourth-order valence-corrected chi connectivity index (χ4v) is 1.15. The van der Waals surface area contributed by atoms with Gasteiger partial charge in [0.05, 0.1) is 12.5 Å². The molecule has 4 nitrogen and oxygen atoms in total. The van der Waals surface area contributed by atoms with E-state index in [1.807, 2.05) is 12.1 Å². The minimum Gasteiger partial charge on any atom is -0.490 e. The Morgan fingerprint density at radius 1 is 1.47 bits per heavy atom. The molecule has 0 saturated carbocycles. The first-order valence-electron chi connectivity index (χ1n) is 5.12. The summed E-state index contributed by atoms with van der Waals surface area (Å²) in [4.78, 5) is 10.5. The molecule has 1 aromatic carbocycles. The van der Waals surface area contributed by atoms with Crippen molar-refractivity contribution in [2.75, 3.05) is 6.61 Å². The summed E-state index contributed by atoms with van der Waals surface area (Å²) in [5.74, 6) is -0.293. The van der Waals surface area contributed by atoms with Crippen LogP contribution in [0.5, 0.6) is 5.75 Å². The first kappa shape index (κ1) is 12.8. The molecule has 88 valence electrons. The number of hydrogen-bond acceptors (Lipinski definition) is 3. The number of benzene rings is 1. The van der Waals surface area contributed by atoms with Crippen molar-refractivity contribution in [3.8, 4) is 11.8 Å². The molecule has 0 amide bonds. The van der Waals surface area contributed by atoms with Gasteiger partial charge in [-0.25, -0.2) is 4.79 Å². The number of carbonyl (C=O) groups is 1. The van der Waals surface area contributed by atoms with E-state index in [1.165, 1.54) is 13.0 Å². The van der Waals surface area contributed by atoms with E-state index in [4.69, 9.17) is 15.1 Å². The van der Waals surface area contributed by atoms with Gasteiger partial charge < -0.3 is 9.84 Å². The highest BCUT2D eigenvalue weighted by molar-refractivity contribution is 5.85. The Hall–Kier alpha value is -2.28. The van der Waals surface area contributed by atoms with Gasteiger partial charge in [0.2, 0.25) is 0 Å². The van der Waals surface area contributed by atoms with Gasteiger partial charge in [0.15, 0.2) is 0 Å². The molecule has 0 aliphatic rings. The smallest absolute Gasteiger partial charge is 0.331 e. The number of ether oxygens (including phenoxy) is 1. The maximum absolute atomic E-state index is 10.5. The van der Waals surface area contributed by atoms with Crippen LogP contribution in [0.1, 0.15) is 12.5 Å². The molecule has 0 atom stereocenters. The molecule has 17 heavy (non-hydrogen) atoms. The minimum absolute atomic E-state index is 0.218. The molecule has 1 rings (SSSR count). The van der Waals surface area contributed by atoms with Crippen molar-refractivity contribution in [2.24, 2.45) is 0 Å². The van der Waals surface area contributed by atoms with Gasteiger partial charge in [-0.3, -0.25) is 0 Å². The predicted molar refractivity (Wildman–Crippen MR) is 62.6 cm³/mol. The quantitative estimate of drug-likeness (QED) is 0.788. The zero-order valence-electron chi connectivity index (χ0n) is 9.51. The van der Waals surface area contributed by atoms with Crippen LogP contribution >= 0.6 is 0 Å². The lowest BCUT2D eigenvalue weighted by molar-refractivity contribution is -0.132. The predicted octanol–water partition coefficient (Wildman–Crippen LogP) is 2.16. The van der Waals surface area contributed by atoms with Crippen molar-refractivity contribution in [1.82, 2.24) is 0 Å². The van der Waals surface area contributed by atoms with Gasteiger partial charge in [0.25, 0.3) is 0 Å². The lowest BCUT2D eigenvalue weighted by Crippen LogP contribution is -2.00. The average Bonchev–Trinajstić information content (AvgIpc) is 2.31. The van der Waals surface area contributed by atoms with Crippen molar-refractivity contribution in [3.05, 3.63) is 41.5 Å². The highest BCUT2D eigenvalue weighted by Crippen LogP contribution is 2.12. The monoisotopic (exact) mass is 231 g/mol. The molecular formula is C13H13NO3. The van der Waals surface area contributed by atoms with Gasteiger partial charge in [0.1, 0.15) is 12.4 Å². The highest BCUT2D eigenvalue weighted by atomic mass is 16.5. The number of nitrogens with zero attached hydrogens (tertiary/aromatic N) is 1. The summed E-state index contributed by atoms with van der Waals surface area (Å²) in [6.07, 6.45) is 1.88. The first-order valence-corrected chi connectivity index (χ1v) is 5.12. The number of nitriles is 1. The maximum Gasteiger partial charge on any atom is 0.331 e. The molecule has 0 spiro atoms. The van der Waals surface area contributed by atoms with Gasteiger partial charge in [0, 0.05) is 5.57 Å². The summed E-state index contributed by atoms with van der Waals surface area (Å²) in [6, 6.07) is 9.20. The number of hydrogen-bond donors (Lipinski definition) is 1. The molecule has 0 aromatic heterocycles. The van der Waals surface area contributed by atoms with E-state index in [2.05, 4.69) is 6.07 Å². The van der Waals surface area contributed by atoms with Crippen LogP contribution in [-0.2, 0) is 11.2 Å². The molecular weight excluding hydrogens is 218 g/mol. The molecule has 0 heterocycles. The van der Waals surface area contributed by atoms with Crippen LogP contribution in [-0.4, -0.2) is 17.7 Å². The molecule has 1 aromatic rings. The van der Waals surface area contributed by atoms with E-state index in [-0.39, 0.29) is 12.2 Å². The lowest BCUT2D eigenvalue weighted by Gasteiger charge is -2.03. The van der Waals surface area contributed by atoms with Crippen molar-refractivity contribution < 1.29 is 14.6 Å². The average molecular weight is 231 g/mol. The maximum atomic E-state index is 10.5. The van der Waals surface area contributed by atoms with E-state index in [9.17, 15) is 4.79 Å². The third-order valence-electron chi connectivity index (χ3n) is 2.18. The van der Waals surface area contributed by atoms with Gasteiger partial charge in [-0.2, -0.15) is 5.26 Å². The zero-order chi connectivity index (χ0) is 12.7. The number of rotatable bonds is 5. The van der Waals surface area contributed by atoms with Gasteiger partial charge >= 0.3 is 5.97 Å². The molecule has 0 saturated heterocycles. The fourth-order valence-electron chi connectivity index (χ4n) is 1.15. The highest BCUT2D eigenvalue weighted by Gasteiger charge is 1.99. The number of carboxylic acid groups (broad SMARTS) is 1. The molecule has 0 radical (unpaired) electrons. The van der Waals surface area contributed by atoms with Gasteiger partial charge in [-0.05, 0) is 30.7 Å². The van der Waals surface area contributed by atoms with Crippen LogP contribution in [0.15, 0.2) is 35.9 Å². The molecule has 4 heteroatoms. The Labute approximate surface area is 99.8 Å². The van der Waals surface area contributed by atoms with E-state index in [0.717, 1.165) is 5.56 Å².